The van der Waals surface area contributed by atoms with Crippen molar-refractivity contribution < 1.29 is 9.32 Å². The van der Waals surface area contributed by atoms with Gasteiger partial charge in [0.15, 0.2) is 0 Å². The highest BCUT2D eigenvalue weighted by molar-refractivity contribution is 7.98. The Bertz CT molecular complexity index is 1040. The minimum atomic E-state index is -0.0294. The summed E-state index contributed by atoms with van der Waals surface area (Å²) in [6, 6.07) is 15.3. The van der Waals surface area contributed by atoms with E-state index in [0.29, 0.717) is 41.4 Å². The Hall–Kier alpha value is -2.06. The largest absolute Gasteiger partial charge is 0.355 e. The van der Waals surface area contributed by atoms with Crippen molar-refractivity contribution in [1.29, 1.82) is 0 Å². The Morgan fingerprint density at radius 2 is 1.94 bits per heavy atom. The molecule has 2 aromatic carbocycles. The van der Waals surface area contributed by atoms with Gasteiger partial charge in [-0.05, 0) is 37.1 Å². The smallest absolute Gasteiger partial charge is 0.241 e. The van der Waals surface area contributed by atoms with Gasteiger partial charge in [-0.1, -0.05) is 64.8 Å². The fraction of sp³-hybridized carbons (Fsp3) is 0.375. The summed E-state index contributed by atoms with van der Waals surface area (Å²) >= 11 is 14.1. The predicted molar refractivity (Wildman–Crippen MR) is 133 cm³/mol. The first-order valence-electron chi connectivity index (χ1n) is 11.0. The quantitative estimate of drug-likeness (QED) is 0.398. The van der Waals surface area contributed by atoms with Crippen LogP contribution in [0.3, 0.4) is 0 Å². The van der Waals surface area contributed by atoms with Crippen molar-refractivity contribution in [3.8, 4) is 11.4 Å². The maximum Gasteiger partial charge on any atom is 0.241 e. The van der Waals surface area contributed by atoms with Crippen LogP contribution in [-0.2, 0) is 17.1 Å². The van der Waals surface area contributed by atoms with E-state index in [-0.39, 0.29) is 11.8 Å². The molecule has 1 aromatic heterocycles. The number of aromatic nitrogens is 2. The molecule has 0 radical (unpaired) electrons. The number of nitrogens with one attached hydrogen (secondary N) is 1. The molecule has 3 aromatic rings. The fourth-order valence-corrected chi connectivity index (χ4v) is 5.46. The second-order valence-corrected chi connectivity index (χ2v) is 9.92. The number of thioether (sulfide) groups is 1. The zero-order valence-electron chi connectivity index (χ0n) is 18.2. The molecule has 0 saturated carbocycles. The van der Waals surface area contributed by atoms with Crippen LogP contribution in [0.4, 0.5) is 0 Å². The molecular formula is C24H26Cl2N4O2S. The van der Waals surface area contributed by atoms with Crippen LogP contribution in [0.5, 0.6) is 0 Å². The third kappa shape index (κ3) is 6.73. The highest BCUT2D eigenvalue weighted by Gasteiger charge is 2.26. The Morgan fingerprint density at radius 1 is 1.15 bits per heavy atom. The number of hydrogen-bond donors (Lipinski definition) is 1. The lowest BCUT2D eigenvalue weighted by molar-refractivity contribution is -0.126. The van der Waals surface area contributed by atoms with Gasteiger partial charge in [-0.15, -0.1) is 0 Å². The maximum absolute atomic E-state index is 12.7. The van der Waals surface area contributed by atoms with Gasteiger partial charge in [-0.3, -0.25) is 9.69 Å². The molecule has 1 aliphatic rings. The summed E-state index contributed by atoms with van der Waals surface area (Å²) in [5, 5.41) is 8.52. The first-order chi connectivity index (χ1) is 16.1. The minimum Gasteiger partial charge on any atom is -0.355 e. The number of nitrogens with zero attached hydrogens (tertiary/aromatic N) is 3. The molecule has 0 spiro atoms. The van der Waals surface area contributed by atoms with Crippen molar-refractivity contribution in [3.05, 3.63) is 70.0 Å². The van der Waals surface area contributed by atoms with Crippen molar-refractivity contribution in [1.82, 2.24) is 20.4 Å². The monoisotopic (exact) mass is 504 g/mol. The normalized spacial score (nSPS) is 16.6. The van der Waals surface area contributed by atoms with E-state index in [1.54, 1.807) is 11.8 Å². The Kier molecular flexibility index (Phi) is 8.67. The van der Waals surface area contributed by atoms with E-state index in [1.807, 2.05) is 48.5 Å². The molecule has 4 rings (SSSR count). The molecule has 9 heteroatoms. The maximum atomic E-state index is 12.7. The lowest BCUT2D eigenvalue weighted by Crippen LogP contribution is -2.43. The summed E-state index contributed by atoms with van der Waals surface area (Å²) in [4.78, 5) is 19.4. The van der Waals surface area contributed by atoms with E-state index in [2.05, 4.69) is 20.4 Å². The van der Waals surface area contributed by atoms with Crippen LogP contribution in [0.2, 0.25) is 10.0 Å². The first kappa shape index (κ1) is 24.1. The van der Waals surface area contributed by atoms with Gasteiger partial charge in [0.2, 0.25) is 17.6 Å². The molecular weight excluding hydrogens is 479 g/mol. The second kappa shape index (κ2) is 11.9. The number of halogens is 2. The summed E-state index contributed by atoms with van der Waals surface area (Å²) in [7, 11) is 0. The average molecular weight is 505 g/mol. The molecule has 174 valence electrons. The van der Waals surface area contributed by atoms with Crippen LogP contribution in [0.25, 0.3) is 11.4 Å². The van der Waals surface area contributed by atoms with Crippen molar-refractivity contribution in [3.63, 3.8) is 0 Å². The summed E-state index contributed by atoms with van der Waals surface area (Å²) in [5.41, 5.74) is 1.87. The number of benzene rings is 2. The van der Waals surface area contributed by atoms with Gasteiger partial charge in [0, 0.05) is 40.2 Å². The molecule has 33 heavy (non-hydrogen) atoms. The number of carbonyl (C=O) groups excluding carboxylic acids is 1. The van der Waals surface area contributed by atoms with Crippen molar-refractivity contribution in [2.24, 2.45) is 5.92 Å². The number of piperidine rings is 1. The van der Waals surface area contributed by atoms with E-state index in [9.17, 15) is 4.79 Å². The van der Waals surface area contributed by atoms with E-state index < -0.39 is 0 Å². The molecule has 1 atom stereocenters. The van der Waals surface area contributed by atoms with Crippen molar-refractivity contribution in [2.45, 2.75) is 25.1 Å². The van der Waals surface area contributed by atoms with Gasteiger partial charge in [-0.25, -0.2) is 0 Å². The summed E-state index contributed by atoms with van der Waals surface area (Å²) in [5.74, 6) is 2.76. The van der Waals surface area contributed by atoms with Crippen LogP contribution in [0, 0.1) is 5.92 Å². The van der Waals surface area contributed by atoms with Crippen LogP contribution in [0.15, 0.2) is 53.1 Å². The number of rotatable bonds is 9. The van der Waals surface area contributed by atoms with Crippen molar-refractivity contribution >= 4 is 40.9 Å². The lowest BCUT2D eigenvalue weighted by atomic mass is 9.97. The molecule has 1 saturated heterocycles. The van der Waals surface area contributed by atoms with Crippen molar-refractivity contribution in [2.75, 3.05) is 25.4 Å². The summed E-state index contributed by atoms with van der Waals surface area (Å²) < 4.78 is 5.44. The van der Waals surface area contributed by atoms with Crippen LogP contribution in [-0.4, -0.2) is 46.3 Å². The standard InChI is InChI=1S/C24H26Cl2N4O2S/c25-20-9-4-10-21(26)19(20)16-33-13-11-27-24(31)18-8-5-12-30(14-18)15-22-28-23(29-32-22)17-6-2-1-3-7-17/h1-4,6-7,9-10,18H,5,8,11-16H2,(H,27,31). The highest BCUT2D eigenvalue weighted by Crippen LogP contribution is 2.28. The second-order valence-electron chi connectivity index (χ2n) is 8.00. The Balaban J connectivity index is 1.20. The average Bonchev–Trinajstić information content (AvgIpc) is 3.29. The molecule has 0 aliphatic carbocycles. The predicted octanol–water partition coefficient (Wildman–Crippen LogP) is 5.31. The van der Waals surface area contributed by atoms with E-state index in [0.717, 1.165) is 42.0 Å². The SMILES string of the molecule is O=C(NCCSCc1c(Cl)cccc1Cl)C1CCCN(Cc2nc(-c3ccccc3)no2)C1. The number of likely N-dealkylation sites (tertiary alicyclic amines) is 1. The molecule has 6 nitrogen and oxygen atoms in total. The third-order valence-corrected chi connectivity index (χ3v) is 7.28. The molecule has 0 bridgehead atoms. The topological polar surface area (TPSA) is 71.3 Å². The minimum absolute atomic E-state index is 0.0294. The Morgan fingerprint density at radius 3 is 2.73 bits per heavy atom. The first-order valence-corrected chi connectivity index (χ1v) is 12.9. The van der Waals surface area contributed by atoms with Gasteiger partial charge < -0.3 is 9.84 Å². The van der Waals surface area contributed by atoms with Crippen LogP contribution in [0.1, 0.15) is 24.3 Å². The van der Waals surface area contributed by atoms with E-state index >= 15 is 0 Å². The summed E-state index contributed by atoms with van der Waals surface area (Å²) in [6.45, 7) is 2.78. The van der Waals surface area contributed by atoms with Crippen LogP contribution >= 0.6 is 35.0 Å². The highest BCUT2D eigenvalue weighted by atomic mass is 35.5. The number of carbonyl (C=O) groups is 1. The van der Waals surface area contributed by atoms with Gasteiger partial charge in [-0.2, -0.15) is 16.7 Å². The molecule has 1 N–H and O–H groups in total. The zero-order chi connectivity index (χ0) is 23.0. The molecule has 1 aliphatic heterocycles. The molecule has 1 fully saturated rings. The van der Waals surface area contributed by atoms with Crippen LogP contribution < -0.4 is 5.32 Å². The lowest BCUT2D eigenvalue weighted by Gasteiger charge is -2.30. The van der Waals surface area contributed by atoms with Gasteiger partial charge in [0.1, 0.15) is 0 Å². The van der Waals surface area contributed by atoms with E-state index in [4.69, 9.17) is 27.7 Å². The molecule has 1 amide bonds. The fourth-order valence-electron chi connectivity index (χ4n) is 3.86. The number of hydrogen-bond acceptors (Lipinski definition) is 6. The van der Waals surface area contributed by atoms with Gasteiger partial charge in [0.25, 0.3) is 0 Å². The van der Waals surface area contributed by atoms with Gasteiger partial charge in [0.05, 0.1) is 12.5 Å². The van der Waals surface area contributed by atoms with Gasteiger partial charge >= 0.3 is 0 Å². The third-order valence-electron chi connectivity index (χ3n) is 5.59. The number of amides is 1. The summed E-state index contributed by atoms with van der Waals surface area (Å²) in [6.07, 6.45) is 1.86. The zero-order valence-corrected chi connectivity index (χ0v) is 20.5. The molecule has 1 unspecified atom stereocenters. The Labute approximate surface area is 208 Å². The van der Waals surface area contributed by atoms with E-state index in [1.165, 1.54) is 0 Å². The molecule has 2 heterocycles.